The van der Waals surface area contributed by atoms with Crippen LogP contribution in [0.15, 0.2) is 36.7 Å². The summed E-state index contributed by atoms with van der Waals surface area (Å²) in [6, 6.07) is 7.36. The Balaban J connectivity index is 2.06. The number of ether oxygens (including phenoxy) is 1. The Morgan fingerprint density at radius 3 is 2.81 bits per heavy atom. The Bertz CT molecular complexity index is 669. The molecule has 110 valence electrons. The number of carbonyl (C=O) groups is 2. The summed E-state index contributed by atoms with van der Waals surface area (Å²) in [4.78, 5) is 22.6. The van der Waals surface area contributed by atoms with Crippen LogP contribution in [0.4, 0.5) is 0 Å². The second-order valence-electron chi connectivity index (χ2n) is 4.47. The van der Waals surface area contributed by atoms with E-state index in [1.807, 2.05) is 18.2 Å². The molecular formula is C14H14ClN3O3. The lowest BCUT2D eigenvalue weighted by molar-refractivity contribution is -0.125. The minimum Gasteiger partial charge on any atom is -0.449 e. The molecule has 1 heterocycles. The number of benzene rings is 1. The van der Waals surface area contributed by atoms with E-state index in [-0.39, 0.29) is 5.56 Å². The molecule has 0 radical (unpaired) electrons. The van der Waals surface area contributed by atoms with Gasteiger partial charge in [0, 0.05) is 11.2 Å². The molecule has 2 N–H and O–H groups in total. The SMILES string of the molecule is CC(OC(=O)c1cnn(Cc2ccccc2Cl)c1)C(N)=O. The van der Waals surface area contributed by atoms with E-state index in [1.165, 1.54) is 19.3 Å². The van der Waals surface area contributed by atoms with Gasteiger partial charge in [-0.2, -0.15) is 5.10 Å². The number of hydrogen-bond acceptors (Lipinski definition) is 4. The fourth-order valence-corrected chi connectivity index (χ4v) is 1.84. The summed E-state index contributed by atoms with van der Waals surface area (Å²) in [5, 5.41) is 4.69. The highest BCUT2D eigenvalue weighted by molar-refractivity contribution is 6.31. The molecule has 0 bridgehead atoms. The van der Waals surface area contributed by atoms with Crippen LogP contribution in [0.3, 0.4) is 0 Å². The van der Waals surface area contributed by atoms with Crippen molar-refractivity contribution in [2.75, 3.05) is 0 Å². The molecule has 0 aliphatic heterocycles. The van der Waals surface area contributed by atoms with Crippen molar-refractivity contribution in [1.29, 1.82) is 0 Å². The molecule has 0 aliphatic rings. The van der Waals surface area contributed by atoms with Crippen LogP contribution < -0.4 is 5.73 Å². The van der Waals surface area contributed by atoms with Crippen molar-refractivity contribution in [2.24, 2.45) is 5.73 Å². The van der Waals surface area contributed by atoms with Crippen molar-refractivity contribution in [3.05, 3.63) is 52.8 Å². The summed E-state index contributed by atoms with van der Waals surface area (Å²) in [5.74, 6) is -1.35. The Labute approximate surface area is 126 Å². The molecule has 6 nitrogen and oxygen atoms in total. The molecule has 0 saturated carbocycles. The molecule has 0 fully saturated rings. The van der Waals surface area contributed by atoms with Crippen LogP contribution in [-0.2, 0) is 16.1 Å². The van der Waals surface area contributed by atoms with Gasteiger partial charge in [-0.1, -0.05) is 29.8 Å². The summed E-state index contributed by atoms with van der Waals surface area (Å²) < 4.78 is 6.45. The largest absolute Gasteiger partial charge is 0.449 e. The van der Waals surface area contributed by atoms with E-state index in [0.717, 1.165) is 5.56 Å². The highest BCUT2D eigenvalue weighted by Crippen LogP contribution is 2.16. The number of nitrogens with zero attached hydrogens (tertiary/aromatic N) is 2. The Hall–Kier alpha value is -2.34. The van der Waals surface area contributed by atoms with Gasteiger partial charge in [0.15, 0.2) is 6.10 Å². The first kappa shape index (κ1) is 15.1. The molecule has 1 unspecified atom stereocenters. The predicted octanol–water partition coefficient (Wildman–Crippen LogP) is 1.62. The smallest absolute Gasteiger partial charge is 0.342 e. The fraction of sp³-hybridized carbons (Fsp3) is 0.214. The van der Waals surface area contributed by atoms with Crippen molar-refractivity contribution in [1.82, 2.24) is 9.78 Å². The monoisotopic (exact) mass is 307 g/mol. The molecule has 1 aromatic carbocycles. The van der Waals surface area contributed by atoms with Crippen LogP contribution in [0.5, 0.6) is 0 Å². The van der Waals surface area contributed by atoms with Gasteiger partial charge in [0.1, 0.15) is 0 Å². The summed E-state index contributed by atoms with van der Waals surface area (Å²) in [7, 11) is 0. The second-order valence-corrected chi connectivity index (χ2v) is 4.88. The normalized spacial score (nSPS) is 11.9. The number of amides is 1. The maximum atomic E-state index is 11.8. The van der Waals surface area contributed by atoms with Gasteiger partial charge in [0.25, 0.3) is 5.91 Å². The lowest BCUT2D eigenvalue weighted by Crippen LogP contribution is -2.30. The number of halogens is 1. The summed E-state index contributed by atoms with van der Waals surface area (Å²) >= 11 is 6.06. The zero-order valence-corrected chi connectivity index (χ0v) is 12.1. The standard InChI is InChI=1S/C14H14ClN3O3/c1-9(13(16)19)21-14(20)11-6-17-18(8-11)7-10-4-2-3-5-12(10)15/h2-6,8-9H,7H2,1H3,(H2,16,19). The van der Waals surface area contributed by atoms with Gasteiger partial charge in [-0.05, 0) is 18.6 Å². The van der Waals surface area contributed by atoms with E-state index in [0.29, 0.717) is 11.6 Å². The van der Waals surface area contributed by atoms with Crippen molar-refractivity contribution in [2.45, 2.75) is 19.6 Å². The van der Waals surface area contributed by atoms with E-state index in [4.69, 9.17) is 22.1 Å². The number of hydrogen-bond donors (Lipinski definition) is 1. The molecular weight excluding hydrogens is 294 g/mol. The topological polar surface area (TPSA) is 87.2 Å². The lowest BCUT2D eigenvalue weighted by atomic mass is 10.2. The highest BCUT2D eigenvalue weighted by atomic mass is 35.5. The Morgan fingerprint density at radius 2 is 2.14 bits per heavy atom. The number of nitrogens with two attached hydrogens (primary N) is 1. The van der Waals surface area contributed by atoms with E-state index in [1.54, 1.807) is 10.7 Å². The average Bonchev–Trinajstić information content (AvgIpc) is 2.90. The second kappa shape index (κ2) is 6.41. The first-order valence-electron chi connectivity index (χ1n) is 6.23. The van der Waals surface area contributed by atoms with Crippen LogP contribution in [0, 0.1) is 0 Å². The third-order valence-corrected chi connectivity index (χ3v) is 3.21. The first-order chi connectivity index (χ1) is 9.97. The van der Waals surface area contributed by atoms with Gasteiger partial charge in [-0.25, -0.2) is 4.79 Å². The van der Waals surface area contributed by atoms with Gasteiger partial charge in [0.2, 0.25) is 0 Å². The molecule has 21 heavy (non-hydrogen) atoms. The maximum absolute atomic E-state index is 11.8. The maximum Gasteiger partial charge on any atom is 0.342 e. The van der Waals surface area contributed by atoms with Crippen molar-refractivity contribution in [3.8, 4) is 0 Å². The molecule has 0 saturated heterocycles. The van der Waals surface area contributed by atoms with Gasteiger partial charge < -0.3 is 10.5 Å². The zero-order chi connectivity index (χ0) is 15.4. The van der Waals surface area contributed by atoms with Crippen molar-refractivity contribution in [3.63, 3.8) is 0 Å². The predicted molar refractivity (Wildman–Crippen MR) is 76.9 cm³/mol. The van der Waals surface area contributed by atoms with Gasteiger partial charge in [-0.15, -0.1) is 0 Å². The van der Waals surface area contributed by atoms with E-state index in [2.05, 4.69) is 5.10 Å². The number of aromatic nitrogens is 2. The van der Waals surface area contributed by atoms with Gasteiger partial charge in [0.05, 0.1) is 18.3 Å². The molecule has 1 atom stereocenters. The van der Waals surface area contributed by atoms with Crippen LogP contribution in [0.25, 0.3) is 0 Å². The molecule has 2 rings (SSSR count). The fourth-order valence-electron chi connectivity index (χ4n) is 1.64. The average molecular weight is 308 g/mol. The minimum atomic E-state index is -0.982. The van der Waals surface area contributed by atoms with Gasteiger partial charge in [-0.3, -0.25) is 9.48 Å². The number of rotatable bonds is 5. The zero-order valence-electron chi connectivity index (χ0n) is 11.3. The first-order valence-corrected chi connectivity index (χ1v) is 6.61. The number of carbonyl (C=O) groups excluding carboxylic acids is 2. The Morgan fingerprint density at radius 1 is 1.43 bits per heavy atom. The third-order valence-electron chi connectivity index (χ3n) is 2.84. The van der Waals surface area contributed by atoms with Crippen molar-refractivity contribution < 1.29 is 14.3 Å². The number of esters is 1. The molecule has 0 aliphatic carbocycles. The van der Waals surface area contributed by atoms with E-state index < -0.39 is 18.0 Å². The van der Waals surface area contributed by atoms with Crippen LogP contribution >= 0.6 is 11.6 Å². The quantitative estimate of drug-likeness (QED) is 0.850. The van der Waals surface area contributed by atoms with Crippen LogP contribution in [-0.4, -0.2) is 27.8 Å². The summed E-state index contributed by atoms with van der Waals surface area (Å²) in [5.41, 5.74) is 6.16. The van der Waals surface area contributed by atoms with E-state index in [9.17, 15) is 9.59 Å². The lowest BCUT2D eigenvalue weighted by Gasteiger charge is -2.07. The number of primary amides is 1. The summed E-state index contributed by atoms with van der Waals surface area (Å²) in [6.45, 7) is 1.84. The van der Waals surface area contributed by atoms with Gasteiger partial charge >= 0.3 is 5.97 Å². The van der Waals surface area contributed by atoms with Crippen LogP contribution in [0.2, 0.25) is 5.02 Å². The van der Waals surface area contributed by atoms with Crippen molar-refractivity contribution >= 4 is 23.5 Å². The minimum absolute atomic E-state index is 0.246. The summed E-state index contributed by atoms with van der Waals surface area (Å²) in [6.07, 6.45) is 1.91. The molecule has 7 heteroatoms. The van der Waals surface area contributed by atoms with E-state index >= 15 is 0 Å². The molecule has 1 amide bonds. The molecule has 2 aromatic rings. The third kappa shape index (κ3) is 3.82. The highest BCUT2D eigenvalue weighted by Gasteiger charge is 2.17. The Kier molecular flexibility index (Phi) is 4.59. The van der Waals surface area contributed by atoms with Crippen LogP contribution in [0.1, 0.15) is 22.8 Å². The molecule has 0 spiro atoms. The molecule has 1 aromatic heterocycles.